The first-order chi connectivity index (χ1) is 16.0. The molecule has 3 aromatic carbocycles. The van der Waals surface area contributed by atoms with Crippen molar-refractivity contribution < 1.29 is 9.59 Å². The van der Waals surface area contributed by atoms with E-state index in [1.54, 1.807) is 24.1 Å². The van der Waals surface area contributed by atoms with Crippen molar-refractivity contribution in [2.45, 2.75) is 30.7 Å². The Morgan fingerprint density at radius 1 is 1.09 bits per heavy atom. The molecule has 3 aromatic rings. The molecule has 168 valence electrons. The van der Waals surface area contributed by atoms with E-state index in [1.165, 1.54) is 17.3 Å². The topological polar surface area (TPSA) is 49.4 Å². The Bertz CT molecular complexity index is 1210. The average molecular weight is 477 g/mol. The highest BCUT2D eigenvalue weighted by atomic mass is 35.5. The Morgan fingerprint density at radius 2 is 1.82 bits per heavy atom. The summed E-state index contributed by atoms with van der Waals surface area (Å²) in [6, 6.07) is 23.1. The number of rotatable bonds is 6. The van der Waals surface area contributed by atoms with Gasteiger partial charge in [0.1, 0.15) is 0 Å². The van der Waals surface area contributed by atoms with Crippen LogP contribution in [-0.2, 0) is 11.2 Å². The molecular formula is C27H25ClN2O2S. The minimum atomic E-state index is -0.135. The highest BCUT2D eigenvalue weighted by Crippen LogP contribution is 2.42. The smallest absolute Gasteiger partial charge is 0.264 e. The summed E-state index contributed by atoms with van der Waals surface area (Å²) in [6.45, 7) is 2.07. The molecule has 0 saturated carbocycles. The average Bonchev–Trinajstić information content (AvgIpc) is 2.83. The lowest BCUT2D eigenvalue weighted by Gasteiger charge is -2.27. The van der Waals surface area contributed by atoms with E-state index < -0.39 is 0 Å². The van der Waals surface area contributed by atoms with Crippen LogP contribution in [0, 0.1) is 0 Å². The van der Waals surface area contributed by atoms with Gasteiger partial charge in [0.05, 0.1) is 10.6 Å². The van der Waals surface area contributed by atoms with Crippen LogP contribution in [0.25, 0.3) is 6.08 Å². The minimum Gasteiger partial charge on any atom is -0.349 e. The molecule has 0 aromatic heterocycles. The van der Waals surface area contributed by atoms with Crippen LogP contribution in [0.2, 0.25) is 5.02 Å². The van der Waals surface area contributed by atoms with Gasteiger partial charge >= 0.3 is 0 Å². The summed E-state index contributed by atoms with van der Waals surface area (Å²) in [5.74, 6) is -0.260. The zero-order valence-corrected chi connectivity index (χ0v) is 20.1. The van der Waals surface area contributed by atoms with Gasteiger partial charge in [-0.25, -0.2) is 0 Å². The summed E-state index contributed by atoms with van der Waals surface area (Å²) in [7, 11) is 1.73. The van der Waals surface area contributed by atoms with Crippen molar-refractivity contribution in [1.82, 2.24) is 5.32 Å². The van der Waals surface area contributed by atoms with Crippen molar-refractivity contribution in [2.24, 2.45) is 0 Å². The normalized spacial score (nSPS) is 15.3. The van der Waals surface area contributed by atoms with Crippen LogP contribution < -0.4 is 10.2 Å². The third-order valence-electron chi connectivity index (χ3n) is 5.66. The van der Waals surface area contributed by atoms with E-state index >= 15 is 0 Å². The fourth-order valence-corrected chi connectivity index (χ4v) is 5.01. The van der Waals surface area contributed by atoms with E-state index in [4.69, 9.17) is 11.6 Å². The number of anilines is 1. The number of fused-ring (bicyclic) bond motifs is 1. The van der Waals surface area contributed by atoms with Crippen LogP contribution in [0.15, 0.2) is 82.6 Å². The third kappa shape index (κ3) is 5.32. The Kier molecular flexibility index (Phi) is 7.21. The summed E-state index contributed by atoms with van der Waals surface area (Å²) in [6.07, 6.45) is 3.42. The van der Waals surface area contributed by atoms with Gasteiger partial charge in [-0.3, -0.25) is 9.59 Å². The molecule has 1 N–H and O–H groups in total. The number of nitrogens with one attached hydrogen (secondary N) is 1. The van der Waals surface area contributed by atoms with Crippen molar-refractivity contribution in [3.63, 3.8) is 0 Å². The molecule has 4 rings (SSSR count). The molecule has 0 fully saturated rings. The van der Waals surface area contributed by atoms with Crippen LogP contribution in [0.1, 0.15) is 34.8 Å². The number of thioether (sulfide) groups is 1. The van der Waals surface area contributed by atoms with Crippen molar-refractivity contribution in [1.29, 1.82) is 0 Å². The molecule has 2 amide bonds. The third-order valence-corrected chi connectivity index (χ3v) is 7.08. The highest BCUT2D eigenvalue weighted by Gasteiger charge is 2.27. The molecule has 0 bridgehead atoms. The van der Waals surface area contributed by atoms with Gasteiger partial charge in [-0.15, -0.1) is 0 Å². The van der Waals surface area contributed by atoms with Crippen molar-refractivity contribution in [3.05, 3.63) is 99.4 Å². The van der Waals surface area contributed by atoms with Gasteiger partial charge in [-0.1, -0.05) is 78.8 Å². The van der Waals surface area contributed by atoms with Crippen LogP contribution in [0.5, 0.6) is 0 Å². The lowest BCUT2D eigenvalue weighted by molar-refractivity contribution is -0.114. The maximum absolute atomic E-state index is 13.0. The van der Waals surface area contributed by atoms with E-state index in [-0.39, 0.29) is 17.9 Å². The number of carbonyl (C=O) groups is 2. The molecule has 0 spiro atoms. The van der Waals surface area contributed by atoms with Gasteiger partial charge < -0.3 is 10.2 Å². The standard InChI is InChI=1S/C27H25ClN2O2S/c1-3-21(15-18-9-5-4-6-10-18)29-26(31)20-13-14-24-23(16-20)30(2)27(32)25(33-24)17-19-11-7-8-12-22(19)28/h4-14,16-17,21H,3,15H2,1-2H3,(H,29,31). The summed E-state index contributed by atoms with van der Waals surface area (Å²) >= 11 is 7.66. The molecule has 1 unspecified atom stereocenters. The fourth-order valence-electron chi connectivity index (χ4n) is 3.73. The first-order valence-corrected chi connectivity index (χ1v) is 12.1. The molecule has 1 aliphatic heterocycles. The Labute approximate surface area is 203 Å². The summed E-state index contributed by atoms with van der Waals surface area (Å²) in [4.78, 5) is 29.1. The number of amides is 2. The number of carbonyl (C=O) groups excluding carboxylic acids is 2. The van der Waals surface area contributed by atoms with Gasteiger partial charge in [0.2, 0.25) is 0 Å². The van der Waals surface area contributed by atoms with Gasteiger partial charge in [0, 0.05) is 28.6 Å². The summed E-state index contributed by atoms with van der Waals surface area (Å²) < 4.78 is 0. The molecule has 0 aliphatic carbocycles. The second-order valence-electron chi connectivity index (χ2n) is 7.95. The zero-order valence-electron chi connectivity index (χ0n) is 18.5. The maximum Gasteiger partial charge on any atom is 0.264 e. The monoisotopic (exact) mass is 476 g/mol. The van der Waals surface area contributed by atoms with Crippen LogP contribution in [0.3, 0.4) is 0 Å². The first kappa shape index (κ1) is 23.1. The van der Waals surface area contributed by atoms with Gasteiger partial charge in [-0.2, -0.15) is 0 Å². The van der Waals surface area contributed by atoms with Gasteiger partial charge in [0.15, 0.2) is 0 Å². The predicted octanol–water partition coefficient (Wildman–Crippen LogP) is 6.20. The van der Waals surface area contributed by atoms with Crippen LogP contribution >= 0.6 is 23.4 Å². The van der Waals surface area contributed by atoms with E-state index in [0.717, 1.165) is 29.0 Å². The van der Waals surface area contributed by atoms with E-state index in [2.05, 4.69) is 24.4 Å². The minimum absolute atomic E-state index is 0.0369. The number of hydrogen-bond donors (Lipinski definition) is 1. The highest BCUT2D eigenvalue weighted by molar-refractivity contribution is 8.04. The number of nitrogens with zero attached hydrogens (tertiary/aromatic N) is 1. The van der Waals surface area contributed by atoms with Crippen molar-refractivity contribution in [2.75, 3.05) is 11.9 Å². The number of halogens is 1. The van der Waals surface area contributed by atoms with E-state index in [1.807, 2.05) is 54.6 Å². The Balaban J connectivity index is 1.53. The van der Waals surface area contributed by atoms with Crippen molar-refractivity contribution >= 4 is 46.9 Å². The molecule has 0 saturated heterocycles. The Hall–Kier alpha value is -3.02. The van der Waals surface area contributed by atoms with Gasteiger partial charge in [-0.05, 0) is 54.3 Å². The van der Waals surface area contributed by atoms with Crippen LogP contribution in [-0.4, -0.2) is 24.9 Å². The van der Waals surface area contributed by atoms with Gasteiger partial charge in [0.25, 0.3) is 11.8 Å². The van der Waals surface area contributed by atoms with Crippen molar-refractivity contribution in [3.8, 4) is 0 Å². The summed E-state index contributed by atoms with van der Waals surface area (Å²) in [5, 5.41) is 3.73. The SMILES string of the molecule is CCC(Cc1ccccc1)NC(=O)c1ccc2c(c1)N(C)C(=O)C(=Cc1ccccc1Cl)S2. The lowest BCUT2D eigenvalue weighted by atomic mass is 10.0. The largest absolute Gasteiger partial charge is 0.349 e. The van der Waals surface area contributed by atoms with E-state index in [0.29, 0.717) is 15.5 Å². The quantitative estimate of drug-likeness (QED) is 0.431. The second kappa shape index (κ2) is 10.3. The fraction of sp³-hybridized carbons (Fsp3) is 0.185. The Morgan fingerprint density at radius 3 is 2.55 bits per heavy atom. The first-order valence-electron chi connectivity index (χ1n) is 10.9. The molecule has 1 heterocycles. The molecule has 1 aliphatic rings. The van der Waals surface area contributed by atoms with E-state index in [9.17, 15) is 9.59 Å². The molecule has 33 heavy (non-hydrogen) atoms. The van der Waals surface area contributed by atoms with Crippen LogP contribution in [0.4, 0.5) is 5.69 Å². The summed E-state index contributed by atoms with van der Waals surface area (Å²) in [5.41, 5.74) is 3.26. The molecule has 6 heteroatoms. The zero-order chi connectivity index (χ0) is 23.4. The number of benzene rings is 3. The molecule has 1 atom stereocenters. The predicted molar refractivity (Wildman–Crippen MR) is 137 cm³/mol. The molecule has 0 radical (unpaired) electrons. The second-order valence-corrected chi connectivity index (χ2v) is 9.44. The number of hydrogen-bond acceptors (Lipinski definition) is 3. The lowest BCUT2D eigenvalue weighted by Crippen LogP contribution is -2.36. The molecule has 4 nitrogen and oxygen atoms in total. The number of likely N-dealkylation sites (N-methyl/N-ethyl adjacent to an activating group) is 1. The molecular weight excluding hydrogens is 452 g/mol. The maximum atomic E-state index is 13.0.